The maximum atomic E-state index is 15.6. The van der Waals surface area contributed by atoms with Crippen LogP contribution in [0.2, 0.25) is 0 Å². The molecule has 1 aromatic rings. The largest absolute Gasteiger partial charge is 0.508 e. The van der Waals surface area contributed by atoms with E-state index in [9.17, 15) is 63.0 Å². The lowest BCUT2D eigenvalue weighted by molar-refractivity contribution is -0.149. The fraction of sp³-hybridized carbons (Fsp3) is 0.711. The van der Waals surface area contributed by atoms with Crippen LogP contribution in [0.5, 0.6) is 5.75 Å². The van der Waals surface area contributed by atoms with Gasteiger partial charge in [-0.25, -0.2) is 0 Å². The van der Waals surface area contributed by atoms with Crippen LogP contribution < -0.4 is 85.9 Å². The topological polar surface area (TPSA) is 578 Å². The average Bonchev–Trinajstić information content (AvgIpc) is 1.64. The molecule has 0 saturated carbocycles. The molecule has 0 aliphatic carbocycles. The molecule has 6 rings (SSSR count). The molecule has 18 amide bonds. The van der Waals surface area contributed by atoms with E-state index in [4.69, 9.17) is 11.5 Å². The van der Waals surface area contributed by atoms with Crippen molar-refractivity contribution in [3.05, 3.63) is 29.8 Å². The molecule has 5 fully saturated rings. The van der Waals surface area contributed by atoms with Gasteiger partial charge in [0.1, 0.15) is 102 Å². The average molecular weight is 1780 g/mol. The van der Waals surface area contributed by atoms with E-state index in [1.807, 2.05) is 0 Å². The third kappa shape index (κ3) is 29.1. The number of hydrogen-bond acceptors (Lipinski definition) is 23. The minimum absolute atomic E-state index is 0.0660. The third-order valence-corrected chi connectivity index (χ3v) is 26.3. The third-order valence-electron chi connectivity index (χ3n) is 23.9. The number of aliphatic hydroxyl groups excluding tert-OH is 1. The summed E-state index contributed by atoms with van der Waals surface area (Å²) >= 11 is 0. The van der Waals surface area contributed by atoms with Gasteiger partial charge in [0, 0.05) is 44.0 Å². The monoisotopic (exact) mass is 1780 g/mol. The number of fused-ring (bicyclic) bond motifs is 8. The predicted molar refractivity (Wildman–Crippen MR) is 461 cm³/mol. The van der Waals surface area contributed by atoms with Crippen LogP contribution in [0.3, 0.4) is 0 Å². The zero-order valence-electron chi connectivity index (χ0n) is 73.5. The molecule has 692 valence electrons. The number of amides is 18. The summed E-state index contributed by atoms with van der Waals surface area (Å²) in [5.74, 6) is -21.2. The van der Waals surface area contributed by atoms with E-state index in [0.717, 1.165) is 21.6 Å². The van der Waals surface area contributed by atoms with Crippen molar-refractivity contribution < 1.29 is 96.5 Å². The summed E-state index contributed by atoms with van der Waals surface area (Å²) in [5.41, 5.74) is 11.9. The van der Waals surface area contributed by atoms with Crippen LogP contribution in [0.4, 0.5) is 0 Å². The Morgan fingerprint density at radius 3 is 1.34 bits per heavy atom. The number of nitrogens with zero attached hydrogens (tertiary/aromatic N) is 3. The quantitative estimate of drug-likeness (QED) is 0.0480. The van der Waals surface area contributed by atoms with Crippen molar-refractivity contribution in [2.45, 2.75) is 289 Å². The summed E-state index contributed by atoms with van der Waals surface area (Å²) in [6, 6.07) is -18.0. The second kappa shape index (κ2) is 49.7. The van der Waals surface area contributed by atoms with E-state index in [2.05, 4.69) is 74.4 Å². The fourth-order valence-electron chi connectivity index (χ4n) is 15.2. The Bertz CT molecular complexity index is 3940. The number of hydrogen-bond donors (Lipinski definition) is 18. The number of phenols is 1. The van der Waals surface area contributed by atoms with E-state index < -0.39 is 276 Å². The molecule has 5 aliphatic heterocycles. The molecular weight excluding hydrogens is 1650 g/mol. The molecule has 0 aromatic heterocycles. The molecule has 1 aromatic carbocycles. The number of primary amides is 1. The van der Waals surface area contributed by atoms with Crippen molar-refractivity contribution in [1.82, 2.24) is 89.1 Å². The lowest BCUT2D eigenvalue weighted by atomic mass is 9.96. The zero-order valence-corrected chi connectivity index (χ0v) is 75.2. The van der Waals surface area contributed by atoms with Gasteiger partial charge < -0.3 is 111 Å². The van der Waals surface area contributed by atoms with Gasteiger partial charge in [-0.2, -0.15) is 0 Å². The zero-order chi connectivity index (χ0) is 92.1. The Balaban J connectivity index is 1.56. The van der Waals surface area contributed by atoms with Crippen molar-refractivity contribution in [2.24, 2.45) is 47.0 Å². The molecule has 41 heteroatoms. The Morgan fingerprint density at radius 1 is 0.427 bits per heavy atom. The van der Waals surface area contributed by atoms with Crippen LogP contribution in [-0.4, -0.2) is 279 Å². The lowest BCUT2D eigenvalue weighted by Crippen LogP contribution is -2.62. The van der Waals surface area contributed by atoms with Crippen LogP contribution in [-0.2, 0) is 92.7 Å². The number of carbonyl (C=O) groups excluding carboxylic acids is 18. The molecule has 0 spiro atoms. The molecule has 0 radical (unpaired) electrons. The molecule has 2 bridgehead atoms. The van der Waals surface area contributed by atoms with Crippen molar-refractivity contribution in [3.8, 4) is 5.75 Å². The number of aliphatic hydroxyl groups is 1. The number of unbranched alkanes of at least 4 members (excludes halogenated alkanes) is 1. The molecule has 0 unspecified atom stereocenters. The first kappa shape index (κ1) is 103. The second-order valence-corrected chi connectivity index (χ2v) is 36.4. The van der Waals surface area contributed by atoms with E-state index in [1.165, 1.54) is 45.9 Å². The fourth-order valence-corrected chi connectivity index (χ4v) is 17.6. The molecule has 20 atom stereocenters. The van der Waals surface area contributed by atoms with Crippen molar-refractivity contribution in [2.75, 3.05) is 50.8 Å². The highest BCUT2D eigenvalue weighted by atomic mass is 33.1. The van der Waals surface area contributed by atoms with Crippen LogP contribution in [0, 0.1) is 35.5 Å². The highest BCUT2D eigenvalue weighted by molar-refractivity contribution is 8.76. The standard InChI is InChI=1S/C83H133N19O20S2/c1-14-44(9)64-78(117)87-48(13)68(107)95-63(43(7)8)82(121)101-35-20-24-57(101)75(114)86-38-61(106)94-62(42(5)6)77(116)89-52(31-32-60(85)105)70(109)96-65(45(10)15-2)79(118)92-55-40-123-124-41-56(74(113)97-64)93-80(119)66(46(11)16-3)98-76(115)58-25-21-34-100(58)81(120)59-26-22-36-102(59)83(122)67(47(12)17-4)99-72(111)54(39-103)91-69(108)51(23-18-19-33-84)88-71(110)53(90-73(55)112)37-49-27-29-50(104)30-28-49/h27-30,42-48,51-59,62-67,103-104H,14-26,31-41,84H2,1-13H3,(H2,85,105)(H,86,114)(H,87,117)(H,88,110)(H,89,116)(H,90,112)(H,91,108)(H,92,118)(H,93,119)(H,94,106)(H,95,107)(H,96,109)(H,97,113)(H,98,115)(H,99,111)/t44-,45-,46-,47-,48-,51-,52-,53-,54-,55-,56-,57+,58-,59-,62-,63-,64-,65-,66-,67-/m0/s1. The number of benzene rings is 1. The number of carbonyl (C=O) groups is 18. The van der Waals surface area contributed by atoms with Gasteiger partial charge in [0.15, 0.2) is 0 Å². The van der Waals surface area contributed by atoms with Crippen LogP contribution in [0.1, 0.15) is 192 Å². The minimum Gasteiger partial charge on any atom is -0.508 e. The van der Waals surface area contributed by atoms with Gasteiger partial charge in [-0.05, 0) is 131 Å². The molecule has 5 saturated heterocycles. The Labute approximate surface area is 732 Å². The SMILES string of the molecule is CC[C@H](C)[C@@H]1NC(=O)[C@@H]2CSSC[C@H](NC(=O)[C@H]([C@@H](C)CC)NC(=O)[C@H](CCC(N)=O)NC(=O)[C@H](C(C)C)NC(=O)CNC(=O)[C@H]3CCCN3C(=O)[C@H](C(C)C)NC(=O)[C@H](C)NC1=O)C(=O)N[C@@H](Cc1ccc(O)cc1)C(=O)N[C@@H](CCCCN)C(=O)N[C@@H](CO)C(=O)N[C@@H]([C@@H](C)CC)C(=O)N1CCC[C@H]1C(=O)N1CCC[C@H]1C(=O)N[C@@H]([C@@H](C)CC)C(=O)N2. The van der Waals surface area contributed by atoms with Crippen LogP contribution in [0.25, 0.3) is 0 Å². The van der Waals surface area contributed by atoms with E-state index >= 15 is 33.6 Å². The van der Waals surface area contributed by atoms with Gasteiger partial charge in [-0.15, -0.1) is 0 Å². The number of aromatic hydroxyl groups is 1. The van der Waals surface area contributed by atoms with Crippen LogP contribution in [0.15, 0.2) is 24.3 Å². The number of nitrogens with two attached hydrogens (primary N) is 2. The number of phenolic OH excluding ortho intramolecular Hbond substituents is 1. The van der Waals surface area contributed by atoms with E-state index in [0.29, 0.717) is 37.7 Å². The predicted octanol–water partition coefficient (Wildman–Crippen LogP) is -2.36. The van der Waals surface area contributed by atoms with Gasteiger partial charge in [-0.1, -0.05) is 142 Å². The summed E-state index contributed by atoms with van der Waals surface area (Å²) in [5, 5.41) is 58.8. The smallest absolute Gasteiger partial charge is 0.246 e. The highest BCUT2D eigenvalue weighted by Gasteiger charge is 2.48. The summed E-state index contributed by atoms with van der Waals surface area (Å²) < 4.78 is 0. The van der Waals surface area contributed by atoms with Gasteiger partial charge >= 0.3 is 0 Å². The Kier molecular flexibility index (Phi) is 41.2. The number of nitrogens with one attached hydrogen (secondary N) is 14. The molecule has 20 N–H and O–H groups in total. The molecule has 124 heavy (non-hydrogen) atoms. The molecular formula is C83H133N19O20S2. The van der Waals surface area contributed by atoms with Crippen LogP contribution >= 0.6 is 21.6 Å². The first-order valence-electron chi connectivity index (χ1n) is 43.5. The van der Waals surface area contributed by atoms with Gasteiger partial charge in [0.05, 0.1) is 13.2 Å². The summed E-state index contributed by atoms with van der Waals surface area (Å²) in [6.07, 6.45) is 1.46. The first-order valence-corrected chi connectivity index (χ1v) is 46.0. The highest BCUT2D eigenvalue weighted by Crippen LogP contribution is 2.30. The summed E-state index contributed by atoms with van der Waals surface area (Å²) in [6.45, 7) is 19.9. The van der Waals surface area contributed by atoms with Gasteiger partial charge in [0.2, 0.25) is 106 Å². The van der Waals surface area contributed by atoms with Gasteiger partial charge in [-0.3, -0.25) is 86.3 Å². The maximum absolute atomic E-state index is 15.6. The molecule has 5 aliphatic rings. The lowest BCUT2D eigenvalue weighted by Gasteiger charge is -2.35. The Morgan fingerprint density at radius 2 is 0.823 bits per heavy atom. The van der Waals surface area contributed by atoms with Crippen molar-refractivity contribution >= 4 is 128 Å². The summed E-state index contributed by atoms with van der Waals surface area (Å²) in [4.78, 5) is 269. The van der Waals surface area contributed by atoms with E-state index in [1.54, 1.807) is 83.1 Å². The van der Waals surface area contributed by atoms with E-state index in [-0.39, 0.29) is 89.7 Å². The minimum atomic E-state index is -1.79. The maximum Gasteiger partial charge on any atom is 0.246 e. The Hall–Kier alpha value is -9.90. The van der Waals surface area contributed by atoms with Crippen molar-refractivity contribution in [1.29, 1.82) is 0 Å². The molecule has 39 nitrogen and oxygen atoms in total. The summed E-state index contributed by atoms with van der Waals surface area (Å²) in [7, 11) is 1.70. The first-order chi connectivity index (χ1) is 58.7. The van der Waals surface area contributed by atoms with Gasteiger partial charge in [0.25, 0.3) is 0 Å². The van der Waals surface area contributed by atoms with Crippen molar-refractivity contribution in [3.63, 3.8) is 0 Å². The second-order valence-electron chi connectivity index (χ2n) is 33.8. The normalized spacial score (nSPS) is 29.0. The molecule has 5 heterocycles. The number of rotatable bonds is 20.